The van der Waals surface area contributed by atoms with Crippen LogP contribution in [0.15, 0.2) is 24.3 Å². The number of fused-ring (bicyclic) bond motifs is 2. The van der Waals surface area contributed by atoms with Crippen molar-refractivity contribution in [2.75, 3.05) is 7.05 Å². The Bertz CT molecular complexity index is 456. The van der Waals surface area contributed by atoms with Gasteiger partial charge in [0.1, 0.15) is 11.6 Å². The zero-order chi connectivity index (χ0) is 13.4. The number of benzene rings is 1. The third-order valence-electron chi connectivity index (χ3n) is 4.85. The van der Waals surface area contributed by atoms with Gasteiger partial charge in [0, 0.05) is 24.4 Å². The van der Waals surface area contributed by atoms with Crippen LogP contribution in [-0.4, -0.2) is 29.8 Å². The van der Waals surface area contributed by atoms with Crippen LogP contribution >= 0.6 is 0 Å². The number of piperidine rings is 1. The molecule has 0 aromatic heterocycles. The fourth-order valence-corrected chi connectivity index (χ4v) is 3.62. The molecule has 0 spiro atoms. The topological polar surface area (TPSA) is 20.3 Å². The van der Waals surface area contributed by atoms with Crippen molar-refractivity contribution in [2.24, 2.45) is 5.92 Å². The number of Topliss-reactive ketones (excluding diaryl/α,β-unsaturated/α-hetero) is 1. The molecule has 2 aliphatic heterocycles. The maximum Gasteiger partial charge on any atom is 0.140 e. The summed E-state index contributed by atoms with van der Waals surface area (Å²) in [5.41, 5.74) is 0.928. The lowest BCUT2D eigenvalue weighted by Crippen LogP contribution is -2.42. The van der Waals surface area contributed by atoms with E-state index >= 15 is 0 Å². The molecule has 2 saturated heterocycles. The number of ketones is 1. The van der Waals surface area contributed by atoms with Crippen LogP contribution in [0.5, 0.6) is 0 Å². The van der Waals surface area contributed by atoms with Crippen LogP contribution in [0.3, 0.4) is 0 Å². The summed E-state index contributed by atoms with van der Waals surface area (Å²) in [7, 11) is 2.18. The first-order valence-electron chi connectivity index (χ1n) is 7.12. The molecule has 0 aliphatic carbocycles. The van der Waals surface area contributed by atoms with E-state index in [0.29, 0.717) is 24.3 Å². The molecule has 1 aromatic rings. The Morgan fingerprint density at radius 1 is 1.21 bits per heavy atom. The Morgan fingerprint density at radius 2 is 1.79 bits per heavy atom. The molecule has 1 aromatic carbocycles. The van der Waals surface area contributed by atoms with Crippen LogP contribution in [0, 0.1) is 11.7 Å². The first-order chi connectivity index (χ1) is 9.13. The number of halogens is 1. The lowest BCUT2D eigenvalue weighted by Gasteiger charge is -2.35. The highest BCUT2D eigenvalue weighted by molar-refractivity contribution is 5.83. The van der Waals surface area contributed by atoms with Gasteiger partial charge in [-0.2, -0.15) is 0 Å². The minimum atomic E-state index is -0.242. The monoisotopic (exact) mass is 261 g/mol. The van der Waals surface area contributed by atoms with Crippen LogP contribution in [0.25, 0.3) is 0 Å². The summed E-state index contributed by atoms with van der Waals surface area (Å²) in [5.74, 6) is 0.295. The standard InChI is InChI=1S/C16H20FNO/c1-18-14-6-7-15(18)10-12(9-14)16(19)8-11-2-4-13(17)5-3-11/h2-5,12,14-15H,6-10H2,1H3. The van der Waals surface area contributed by atoms with Crippen molar-refractivity contribution in [3.05, 3.63) is 35.6 Å². The molecule has 19 heavy (non-hydrogen) atoms. The first kappa shape index (κ1) is 12.8. The summed E-state index contributed by atoms with van der Waals surface area (Å²) in [5, 5.41) is 0. The molecule has 2 bridgehead atoms. The zero-order valence-corrected chi connectivity index (χ0v) is 11.3. The molecule has 3 rings (SSSR count). The second-order valence-electron chi connectivity index (χ2n) is 5.99. The summed E-state index contributed by atoms with van der Waals surface area (Å²) >= 11 is 0. The summed E-state index contributed by atoms with van der Waals surface area (Å²) in [6.07, 6.45) is 4.94. The van der Waals surface area contributed by atoms with Gasteiger partial charge >= 0.3 is 0 Å². The van der Waals surface area contributed by atoms with E-state index in [9.17, 15) is 9.18 Å². The fourth-order valence-electron chi connectivity index (χ4n) is 3.62. The lowest BCUT2D eigenvalue weighted by atomic mass is 9.85. The Morgan fingerprint density at radius 3 is 2.37 bits per heavy atom. The molecule has 2 unspecified atom stereocenters. The van der Waals surface area contributed by atoms with Crippen LogP contribution in [-0.2, 0) is 11.2 Å². The van der Waals surface area contributed by atoms with E-state index < -0.39 is 0 Å². The highest BCUT2D eigenvalue weighted by Gasteiger charge is 2.40. The fraction of sp³-hybridized carbons (Fsp3) is 0.562. The van der Waals surface area contributed by atoms with Crippen LogP contribution in [0.1, 0.15) is 31.2 Å². The van der Waals surface area contributed by atoms with Crippen molar-refractivity contribution in [1.82, 2.24) is 4.90 Å². The molecule has 2 nitrogen and oxygen atoms in total. The minimum Gasteiger partial charge on any atom is -0.300 e. The van der Waals surface area contributed by atoms with Gasteiger partial charge in [0.05, 0.1) is 0 Å². The van der Waals surface area contributed by atoms with E-state index in [-0.39, 0.29) is 11.7 Å². The van der Waals surface area contributed by atoms with Gasteiger partial charge in [-0.25, -0.2) is 4.39 Å². The Balaban J connectivity index is 1.64. The average Bonchev–Trinajstić information content (AvgIpc) is 2.64. The van der Waals surface area contributed by atoms with Crippen molar-refractivity contribution >= 4 is 5.78 Å². The molecule has 0 radical (unpaired) electrons. The summed E-state index contributed by atoms with van der Waals surface area (Å²) in [6, 6.07) is 7.50. The van der Waals surface area contributed by atoms with Gasteiger partial charge in [-0.05, 0) is 50.4 Å². The number of carbonyl (C=O) groups is 1. The van der Waals surface area contributed by atoms with Gasteiger partial charge in [-0.1, -0.05) is 12.1 Å². The van der Waals surface area contributed by atoms with E-state index in [4.69, 9.17) is 0 Å². The third kappa shape index (κ3) is 2.57. The molecule has 2 fully saturated rings. The molecule has 2 atom stereocenters. The minimum absolute atomic E-state index is 0.207. The smallest absolute Gasteiger partial charge is 0.140 e. The molecule has 102 valence electrons. The molecule has 3 heteroatoms. The maximum absolute atomic E-state index is 12.8. The summed E-state index contributed by atoms with van der Waals surface area (Å²) in [6.45, 7) is 0. The molecular formula is C16H20FNO. The van der Waals surface area contributed by atoms with Gasteiger partial charge in [-0.15, -0.1) is 0 Å². The molecule has 2 heterocycles. The molecule has 0 N–H and O–H groups in total. The van der Waals surface area contributed by atoms with Crippen molar-refractivity contribution in [2.45, 2.75) is 44.2 Å². The number of nitrogens with zero attached hydrogens (tertiary/aromatic N) is 1. The summed E-state index contributed by atoms with van der Waals surface area (Å²) < 4.78 is 12.8. The van der Waals surface area contributed by atoms with E-state index in [0.717, 1.165) is 18.4 Å². The molecule has 0 saturated carbocycles. The van der Waals surface area contributed by atoms with Crippen molar-refractivity contribution in [3.63, 3.8) is 0 Å². The highest BCUT2D eigenvalue weighted by atomic mass is 19.1. The molecule has 2 aliphatic rings. The quantitative estimate of drug-likeness (QED) is 0.834. The van der Waals surface area contributed by atoms with Crippen molar-refractivity contribution in [3.8, 4) is 0 Å². The number of carbonyl (C=O) groups excluding carboxylic acids is 1. The zero-order valence-electron chi connectivity index (χ0n) is 11.3. The maximum atomic E-state index is 12.8. The Hall–Kier alpha value is -1.22. The number of hydrogen-bond acceptors (Lipinski definition) is 2. The molecule has 0 amide bonds. The van der Waals surface area contributed by atoms with Crippen molar-refractivity contribution in [1.29, 1.82) is 0 Å². The van der Waals surface area contributed by atoms with Gasteiger partial charge in [0.2, 0.25) is 0 Å². The van der Waals surface area contributed by atoms with Gasteiger partial charge in [0.15, 0.2) is 0 Å². The van der Waals surface area contributed by atoms with E-state index in [1.54, 1.807) is 12.1 Å². The lowest BCUT2D eigenvalue weighted by molar-refractivity contribution is -0.124. The predicted molar refractivity (Wildman–Crippen MR) is 72.4 cm³/mol. The largest absolute Gasteiger partial charge is 0.300 e. The second-order valence-corrected chi connectivity index (χ2v) is 5.99. The predicted octanol–water partition coefficient (Wildman–Crippen LogP) is 2.81. The van der Waals surface area contributed by atoms with Gasteiger partial charge < -0.3 is 4.90 Å². The normalized spacial score (nSPS) is 30.5. The Labute approximate surface area is 113 Å². The van der Waals surface area contributed by atoms with Crippen molar-refractivity contribution < 1.29 is 9.18 Å². The van der Waals surface area contributed by atoms with E-state index in [1.165, 1.54) is 25.0 Å². The first-order valence-corrected chi connectivity index (χ1v) is 7.12. The van der Waals surface area contributed by atoms with Gasteiger partial charge in [-0.3, -0.25) is 4.79 Å². The summed E-state index contributed by atoms with van der Waals surface area (Å²) in [4.78, 5) is 14.8. The van der Waals surface area contributed by atoms with E-state index in [2.05, 4.69) is 11.9 Å². The van der Waals surface area contributed by atoms with E-state index in [1.807, 2.05) is 0 Å². The average molecular weight is 261 g/mol. The number of rotatable bonds is 3. The second kappa shape index (κ2) is 5.04. The SMILES string of the molecule is CN1C2CCC1CC(C(=O)Cc1ccc(F)cc1)C2. The molecular weight excluding hydrogens is 241 g/mol. The third-order valence-corrected chi connectivity index (χ3v) is 4.85. The van der Waals surface area contributed by atoms with Crippen LogP contribution in [0.4, 0.5) is 4.39 Å². The van der Waals surface area contributed by atoms with Gasteiger partial charge in [0.25, 0.3) is 0 Å². The Kier molecular flexibility index (Phi) is 3.40. The van der Waals surface area contributed by atoms with Crippen LogP contribution < -0.4 is 0 Å². The highest BCUT2D eigenvalue weighted by Crippen LogP contribution is 2.38. The van der Waals surface area contributed by atoms with Crippen LogP contribution in [0.2, 0.25) is 0 Å². The number of hydrogen-bond donors (Lipinski definition) is 0.